The SMILES string of the molecule is Cc1ncccc1C(=O)N1CCC2(CC1)CC(CC(=O)NCc1ccccc1)CCO2. The molecule has 1 atom stereocenters. The Bertz CT molecular complexity index is 907. The number of pyridine rings is 1. The fraction of sp³-hybridized carbons (Fsp3) is 0.480. The van der Waals surface area contributed by atoms with Crippen molar-refractivity contribution in [3.05, 3.63) is 65.5 Å². The molecular weight excluding hydrogens is 390 g/mol. The van der Waals surface area contributed by atoms with E-state index in [1.165, 1.54) is 0 Å². The number of rotatable bonds is 5. The molecule has 0 radical (unpaired) electrons. The normalized spacial score (nSPS) is 20.4. The van der Waals surface area contributed by atoms with E-state index in [0.717, 1.165) is 36.9 Å². The minimum Gasteiger partial charge on any atom is -0.375 e. The predicted molar refractivity (Wildman–Crippen MR) is 118 cm³/mol. The van der Waals surface area contributed by atoms with Crippen LogP contribution in [-0.4, -0.2) is 47.0 Å². The van der Waals surface area contributed by atoms with Crippen molar-refractivity contribution in [1.29, 1.82) is 0 Å². The molecule has 1 unspecified atom stereocenters. The molecule has 31 heavy (non-hydrogen) atoms. The van der Waals surface area contributed by atoms with Crippen molar-refractivity contribution in [2.24, 2.45) is 5.92 Å². The second-order valence-corrected chi connectivity index (χ2v) is 8.79. The first kappa shape index (κ1) is 21.5. The highest BCUT2D eigenvalue weighted by molar-refractivity contribution is 5.95. The molecule has 6 heteroatoms. The summed E-state index contributed by atoms with van der Waals surface area (Å²) in [7, 11) is 0. The number of carbonyl (C=O) groups excluding carboxylic acids is 2. The fourth-order valence-electron chi connectivity index (χ4n) is 4.78. The van der Waals surface area contributed by atoms with Crippen LogP contribution in [0.3, 0.4) is 0 Å². The molecule has 1 aromatic heterocycles. The van der Waals surface area contributed by atoms with Gasteiger partial charge in [-0.25, -0.2) is 0 Å². The molecule has 164 valence electrons. The number of benzene rings is 1. The van der Waals surface area contributed by atoms with Crippen LogP contribution in [0, 0.1) is 12.8 Å². The minimum atomic E-state index is -0.205. The highest BCUT2D eigenvalue weighted by Crippen LogP contribution is 2.39. The van der Waals surface area contributed by atoms with Crippen molar-refractivity contribution < 1.29 is 14.3 Å². The molecule has 3 heterocycles. The number of aromatic nitrogens is 1. The molecule has 6 nitrogen and oxygen atoms in total. The molecule has 1 spiro atoms. The standard InChI is InChI=1S/C25H31N3O3/c1-19-22(8-5-12-26-19)24(30)28-13-10-25(11-14-28)17-21(9-15-31-25)16-23(29)27-18-20-6-3-2-4-7-20/h2-8,12,21H,9-11,13-18H2,1H3,(H,27,29). The lowest BCUT2D eigenvalue weighted by molar-refractivity contribution is -0.134. The Kier molecular flexibility index (Phi) is 6.66. The summed E-state index contributed by atoms with van der Waals surface area (Å²) < 4.78 is 6.22. The molecular formula is C25H31N3O3. The van der Waals surface area contributed by atoms with E-state index in [9.17, 15) is 9.59 Å². The topological polar surface area (TPSA) is 71.5 Å². The van der Waals surface area contributed by atoms with E-state index in [0.29, 0.717) is 44.1 Å². The number of hydrogen-bond donors (Lipinski definition) is 1. The Morgan fingerprint density at radius 2 is 1.94 bits per heavy atom. The number of carbonyl (C=O) groups is 2. The van der Waals surface area contributed by atoms with Crippen LogP contribution in [0.1, 0.15) is 53.7 Å². The van der Waals surface area contributed by atoms with Gasteiger partial charge in [-0.05, 0) is 56.2 Å². The third-order valence-corrected chi connectivity index (χ3v) is 6.60. The first-order valence-corrected chi connectivity index (χ1v) is 11.2. The van der Waals surface area contributed by atoms with E-state index in [-0.39, 0.29) is 17.4 Å². The van der Waals surface area contributed by atoms with Gasteiger partial charge in [0, 0.05) is 44.6 Å². The van der Waals surface area contributed by atoms with E-state index in [4.69, 9.17) is 4.74 Å². The van der Waals surface area contributed by atoms with Gasteiger partial charge < -0.3 is 15.0 Å². The van der Waals surface area contributed by atoms with Gasteiger partial charge in [-0.1, -0.05) is 30.3 Å². The van der Waals surface area contributed by atoms with E-state index >= 15 is 0 Å². The maximum Gasteiger partial charge on any atom is 0.255 e. The monoisotopic (exact) mass is 421 g/mol. The van der Waals surface area contributed by atoms with Crippen molar-refractivity contribution >= 4 is 11.8 Å². The van der Waals surface area contributed by atoms with Gasteiger partial charge in [0.05, 0.1) is 11.2 Å². The van der Waals surface area contributed by atoms with E-state index in [2.05, 4.69) is 10.3 Å². The van der Waals surface area contributed by atoms with Crippen molar-refractivity contribution in [1.82, 2.24) is 15.2 Å². The van der Waals surface area contributed by atoms with Gasteiger partial charge in [0.2, 0.25) is 5.91 Å². The molecule has 1 aromatic carbocycles. The molecule has 4 rings (SSSR count). The number of amides is 2. The maximum atomic E-state index is 12.9. The Morgan fingerprint density at radius 3 is 2.68 bits per heavy atom. The molecule has 0 saturated carbocycles. The van der Waals surface area contributed by atoms with Crippen LogP contribution in [0.2, 0.25) is 0 Å². The van der Waals surface area contributed by atoms with Gasteiger partial charge in [0.1, 0.15) is 0 Å². The zero-order chi connectivity index (χ0) is 21.7. The quantitative estimate of drug-likeness (QED) is 0.802. The minimum absolute atomic E-state index is 0.0492. The van der Waals surface area contributed by atoms with Gasteiger partial charge in [0.25, 0.3) is 5.91 Å². The van der Waals surface area contributed by atoms with Crippen LogP contribution in [-0.2, 0) is 16.1 Å². The molecule has 2 fully saturated rings. The van der Waals surface area contributed by atoms with E-state index in [1.807, 2.05) is 54.3 Å². The van der Waals surface area contributed by atoms with Crippen LogP contribution in [0.25, 0.3) is 0 Å². The highest BCUT2D eigenvalue weighted by Gasteiger charge is 2.41. The Morgan fingerprint density at radius 1 is 1.16 bits per heavy atom. The lowest BCUT2D eigenvalue weighted by Gasteiger charge is -2.46. The lowest BCUT2D eigenvalue weighted by Crippen LogP contribution is -2.51. The van der Waals surface area contributed by atoms with Crippen molar-refractivity contribution in [3.8, 4) is 0 Å². The molecule has 2 aromatic rings. The van der Waals surface area contributed by atoms with Gasteiger partial charge >= 0.3 is 0 Å². The highest BCUT2D eigenvalue weighted by atomic mass is 16.5. The lowest BCUT2D eigenvalue weighted by atomic mass is 9.78. The van der Waals surface area contributed by atoms with Crippen LogP contribution in [0.4, 0.5) is 0 Å². The first-order chi connectivity index (χ1) is 15.0. The summed E-state index contributed by atoms with van der Waals surface area (Å²) in [6, 6.07) is 13.6. The van der Waals surface area contributed by atoms with Crippen LogP contribution in [0.5, 0.6) is 0 Å². The number of hydrogen-bond acceptors (Lipinski definition) is 4. The van der Waals surface area contributed by atoms with Crippen LogP contribution in [0.15, 0.2) is 48.7 Å². The Hall–Kier alpha value is -2.73. The molecule has 2 aliphatic rings. The largest absolute Gasteiger partial charge is 0.375 e. The van der Waals surface area contributed by atoms with Crippen molar-refractivity contribution in [2.45, 2.75) is 51.2 Å². The number of aryl methyl sites for hydroxylation is 1. The van der Waals surface area contributed by atoms with E-state index in [1.54, 1.807) is 6.20 Å². The van der Waals surface area contributed by atoms with Gasteiger partial charge in [-0.2, -0.15) is 0 Å². The molecule has 2 saturated heterocycles. The van der Waals surface area contributed by atoms with Crippen LogP contribution < -0.4 is 5.32 Å². The molecule has 2 aliphatic heterocycles. The third kappa shape index (κ3) is 5.31. The third-order valence-electron chi connectivity index (χ3n) is 6.60. The van der Waals surface area contributed by atoms with Crippen molar-refractivity contribution in [2.75, 3.05) is 19.7 Å². The molecule has 0 aliphatic carbocycles. The first-order valence-electron chi connectivity index (χ1n) is 11.2. The smallest absolute Gasteiger partial charge is 0.255 e. The Balaban J connectivity index is 1.28. The summed E-state index contributed by atoms with van der Waals surface area (Å²) in [6.45, 7) is 4.49. The fourth-order valence-corrected chi connectivity index (χ4v) is 4.78. The number of nitrogens with zero attached hydrogens (tertiary/aromatic N) is 2. The number of ether oxygens (including phenoxy) is 1. The second kappa shape index (κ2) is 9.60. The summed E-state index contributed by atoms with van der Waals surface area (Å²) in [4.78, 5) is 31.5. The average Bonchev–Trinajstić information content (AvgIpc) is 2.79. The summed E-state index contributed by atoms with van der Waals surface area (Å²) in [6.07, 6.45) is 5.69. The molecule has 0 bridgehead atoms. The van der Waals surface area contributed by atoms with Gasteiger partial charge in [0.15, 0.2) is 0 Å². The van der Waals surface area contributed by atoms with E-state index < -0.39 is 0 Å². The predicted octanol–water partition coefficient (Wildman–Crippen LogP) is 3.50. The summed E-state index contributed by atoms with van der Waals surface area (Å²) in [5, 5.41) is 3.04. The summed E-state index contributed by atoms with van der Waals surface area (Å²) >= 11 is 0. The number of likely N-dealkylation sites (tertiary alicyclic amines) is 1. The van der Waals surface area contributed by atoms with Crippen molar-refractivity contribution in [3.63, 3.8) is 0 Å². The second-order valence-electron chi connectivity index (χ2n) is 8.79. The molecule has 2 amide bonds. The average molecular weight is 422 g/mol. The van der Waals surface area contributed by atoms with Gasteiger partial charge in [-0.3, -0.25) is 14.6 Å². The summed E-state index contributed by atoms with van der Waals surface area (Å²) in [5.74, 6) is 0.478. The number of nitrogens with one attached hydrogen (secondary N) is 1. The maximum absolute atomic E-state index is 12.9. The zero-order valence-corrected chi connectivity index (χ0v) is 18.2. The molecule has 1 N–H and O–H groups in total. The summed E-state index contributed by atoms with van der Waals surface area (Å²) in [5.41, 5.74) is 2.35. The number of piperidine rings is 1. The van der Waals surface area contributed by atoms with Gasteiger partial charge in [-0.15, -0.1) is 0 Å². The zero-order valence-electron chi connectivity index (χ0n) is 18.2. The Labute approximate surface area is 184 Å². The van der Waals surface area contributed by atoms with Crippen LogP contribution >= 0.6 is 0 Å².